The Morgan fingerprint density at radius 3 is 2.92 bits per heavy atom. The Hall–Kier alpha value is -2.95. The zero-order valence-electron chi connectivity index (χ0n) is 14.3. The molecule has 1 aromatic carbocycles. The number of aryl methyl sites for hydroxylation is 1. The maximum Gasteiger partial charge on any atom is 0.341 e. The second-order valence-electron chi connectivity index (χ2n) is 6.10. The summed E-state index contributed by atoms with van der Waals surface area (Å²) in [6.07, 6.45) is 2.53. The molecule has 0 N–H and O–H groups in total. The third-order valence-corrected chi connectivity index (χ3v) is 4.49. The van der Waals surface area contributed by atoms with Crippen LogP contribution in [-0.4, -0.2) is 29.1 Å². The van der Waals surface area contributed by atoms with Gasteiger partial charge in [0.25, 0.3) is 0 Å². The number of carbonyl (C=O) groups is 1. The van der Waals surface area contributed by atoms with Crippen molar-refractivity contribution in [1.82, 2.24) is 9.97 Å². The molecule has 25 heavy (non-hydrogen) atoms. The molecular weight excluding hydrogens is 314 g/mol. The number of benzene rings is 1. The highest BCUT2D eigenvalue weighted by Crippen LogP contribution is 2.39. The van der Waals surface area contributed by atoms with Crippen molar-refractivity contribution < 1.29 is 9.53 Å². The first-order valence-corrected chi connectivity index (χ1v) is 8.48. The first-order valence-electron chi connectivity index (χ1n) is 8.48. The highest BCUT2D eigenvalue weighted by Gasteiger charge is 2.27. The minimum absolute atomic E-state index is 0.332. The van der Waals surface area contributed by atoms with Crippen LogP contribution in [-0.2, 0) is 11.2 Å². The minimum atomic E-state index is -0.350. The van der Waals surface area contributed by atoms with Crippen molar-refractivity contribution in [3.05, 3.63) is 59.4 Å². The Bertz CT molecular complexity index is 968. The highest BCUT2D eigenvalue weighted by molar-refractivity contribution is 6.06. The first kappa shape index (κ1) is 15.6. The summed E-state index contributed by atoms with van der Waals surface area (Å²) in [5.41, 5.74) is 5.27. The molecule has 0 unspecified atom stereocenters. The van der Waals surface area contributed by atoms with Crippen LogP contribution in [0.5, 0.6) is 0 Å². The van der Waals surface area contributed by atoms with E-state index < -0.39 is 0 Å². The summed E-state index contributed by atoms with van der Waals surface area (Å²) >= 11 is 0. The fraction of sp³-hybridized carbons (Fsp3) is 0.250. The molecule has 1 aliphatic heterocycles. The number of nitrogens with zero attached hydrogens (tertiary/aromatic N) is 3. The van der Waals surface area contributed by atoms with E-state index in [2.05, 4.69) is 27.0 Å². The summed E-state index contributed by atoms with van der Waals surface area (Å²) in [6.45, 7) is 4.89. The molecule has 3 heterocycles. The number of anilines is 2. The van der Waals surface area contributed by atoms with Gasteiger partial charge in [0.05, 0.1) is 12.3 Å². The average molecular weight is 333 g/mol. The number of pyridine rings is 2. The van der Waals surface area contributed by atoms with Crippen molar-refractivity contribution in [2.75, 3.05) is 18.1 Å². The molecule has 0 saturated carbocycles. The van der Waals surface area contributed by atoms with Crippen LogP contribution in [0, 0.1) is 6.92 Å². The van der Waals surface area contributed by atoms with Gasteiger partial charge in [-0.25, -0.2) is 14.8 Å². The average Bonchev–Trinajstić information content (AvgIpc) is 3.04. The largest absolute Gasteiger partial charge is 0.462 e. The summed E-state index contributed by atoms with van der Waals surface area (Å²) in [7, 11) is 0. The Morgan fingerprint density at radius 1 is 1.24 bits per heavy atom. The van der Waals surface area contributed by atoms with Crippen LogP contribution in [0.25, 0.3) is 11.0 Å². The fourth-order valence-electron chi connectivity index (χ4n) is 3.38. The highest BCUT2D eigenvalue weighted by atomic mass is 16.5. The number of aromatic nitrogens is 2. The van der Waals surface area contributed by atoms with Crippen LogP contribution in [0.1, 0.15) is 28.5 Å². The van der Waals surface area contributed by atoms with Crippen molar-refractivity contribution in [3.8, 4) is 0 Å². The van der Waals surface area contributed by atoms with Crippen molar-refractivity contribution in [1.29, 1.82) is 0 Å². The summed E-state index contributed by atoms with van der Waals surface area (Å²) < 4.78 is 5.26. The quantitative estimate of drug-likeness (QED) is 0.682. The van der Waals surface area contributed by atoms with Crippen LogP contribution >= 0.6 is 0 Å². The van der Waals surface area contributed by atoms with Crippen molar-refractivity contribution in [2.24, 2.45) is 0 Å². The van der Waals surface area contributed by atoms with E-state index in [1.165, 1.54) is 5.56 Å². The Morgan fingerprint density at radius 2 is 2.08 bits per heavy atom. The maximum absolute atomic E-state index is 12.5. The number of hydrogen-bond acceptors (Lipinski definition) is 5. The van der Waals surface area contributed by atoms with Crippen molar-refractivity contribution in [2.45, 2.75) is 20.3 Å². The molecule has 0 amide bonds. The molecule has 126 valence electrons. The van der Waals surface area contributed by atoms with E-state index >= 15 is 0 Å². The molecule has 0 bridgehead atoms. The lowest BCUT2D eigenvalue weighted by Crippen LogP contribution is -2.19. The second kappa shape index (κ2) is 6.16. The van der Waals surface area contributed by atoms with Gasteiger partial charge in [-0.15, -0.1) is 0 Å². The van der Waals surface area contributed by atoms with E-state index in [0.29, 0.717) is 17.8 Å². The molecule has 1 aliphatic rings. The Labute approximate surface area is 146 Å². The smallest absolute Gasteiger partial charge is 0.341 e. The van der Waals surface area contributed by atoms with E-state index in [4.69, 9.17) is 4.74 Å². The number of hydrogen-bond donors (Lipinski definition) is 0. The van der Waals surface area contributed by atoms with Gasteiger partial charge in [-0.3, -0.25) is 0 Å². The maximum atomic E-state index is 12.5. The number of esters is 1. The molecule has 4 rings (SSSR count). The van der Waals surface area contributed by atoms with Gasteiger partial charge >= 0.3 is 5.97 Å². The van der Waals surface area contributed by atoms with Crippen LogP contribution in [0.2, 0.25) is 0 Å². The second-order valence-corrected chi connectivity index (χ2v) is 6.10. The lowest BCUT2D eigenvalue weighted by molar-refractivity contribution is 0.0527. The van der Waals surface area contributed by atoms with E-state index in [0.717, 1.165) is 35.4 Å². The van der Waals surface area contributed by atoms with Gasteiger partial charge in [-0.05, 0) is 44.0 Å². The Kier molecular flexibility index (Phi) is 3.84. The molecule has 0 aliphatic carbocycles. The molecule has 0 spiro atoms. The minimum Gasteiger partial charge on any atom is -0.462 e. The van der Waals surface area contributed by atoms with Gasteiger partial charge in [0, 0.05) is 29.5 Å². The zero-order chi connectivity index (χ0) is 17.4. The standard InChI is InChI=1S/C20H19N3O2/c1-3-25-20(24)16-12-21-19-15(9-8-13(2)22-19)18(16)23-11-10-14-6-4-5-7-17(14)23/h4-9,12H,3,10-11H2,1-2H3. The van der Waals surface area contributed by atoms with Crippen LogP contribution in [0.15, 0.2) is 42.6 Å². The van der Waals surface area contributed by atoms with Gasteiger partial charge in [0.2, 0.25) is 0 Å². The third-order valence-electron chi connectivity index (χ3n) is 4.49. The van der Waals surface area contributed by atoms with Gasteiger partial charge in [-0.1, -0.05) is 18.2 Å². The molecule has 2 aromatic heterocycles. The van der Waals surface area contributed by atoms with Crippen molar-refractivity contribution >= 4 is 28.4 Å². The predicted octanol–water partition coefficient (Wildman–Crippen LogP) is 3.81. The van der Waals surface area contributed by atoms with Crippen LogP contribution in [0.3, 0.4) is 0 Å². The summed E-state index contributed by atoms with van der Waals surface area (Å²) in [6, 6.07) is 12.2. The zero-order valence-corrected chi connectivity index (χ0v) is 14.3. The normalized spacial score (nSPS) is 13.1. The molecule has 5 nitrogen and oxygen atoms in total. The van der Waals surface area contributed by atoms with E-state index in [-0.39, 0.29) is 5.97 Å². The number of carbonyl (C=O) groups excluding carboxylic acids is 1. The van der Waals surface area contributed by atoms with E-state index in [1.807, 2.05) is 38.1 Å². The first-order chi connectivity index (χ1) is 12.2. The van der Waals surface area contributed by atoms with E-state index in [1.54, 1.807) is 6.20 Å². The number of fused-ring (bicyclic) bond motifs is 2. The predicted molar refractivity (Wildman–Crippen MR) is 97.4 cm³/mol. The van der Waals surface area contributed by atoms with Crippen LogP contribution in [0.4, 0.5) is 11.4 Å². The lowest BCUT2D eigenvalue weighted by Gasteiger charge is -2.23. The van der Waals surface area contributed by atoms with Gasteiger partial charge < -0.3 is 9.64 Å². The molecule has 0 saturated heterocycles. The van der Waals surface area contributed by atoms with Gasteiger partial charge in [-0.2, -0.15) is 0 Å². The van der Waals surface area contributed by atoms with E-state index in [9.17, 15) is 4.79 Å². The molecule has 5 heteroatoms. The van der Waals surface area contributed by atoms with Crippen LogP contribution < -0.4 is 4.90 Å². The monoisotopic (exact) mass is 333 g/mol. The summed E-state index contributed by atoms with van der Waals surface area (Å²) in [5.74, 6) is -0.350. The SMILES string of the molecule is CCOC(=O)c1cnc2nc(C)ccc2c1N1CCc2ccccc21. The molecule has 0 radical (unpaired) electrons. The van der Waals surface area contributed by atoms with Crippen molar-refractivity contribution in [3.63, 3.8) is 0 Å². The van der Waals surface area contributed by atoms with Gasteiger partial charge in [0.1, 0.15) is 5.56 Å². The Balaban J connectivity index is 1.96. The number of rotatable bonds is 3. The topological polar surface area (TPSA) is 55.3 Å². The molecular formula is C20H19N3O2. The lowest BCUT2D eigenvalue weighted by atomic mass is 10.1. The third kappa shape index (κ3) is 2.61. The number of para-hydroxylation sites is 1. The van der Waals surface area contributed by atoms with Gasteiger partial charge in [0.15, 0.2) is 5.65 Å². The molecule has 0 fully saturated rings. The molecule has 0 atom stereocenters. The summed E-state index contributed by atoms with van der Waals surface area (Å²) in [4.78, 5) is 23.6. The molecule has 3 aromatic rings. The number of ether oxygens (including phenoxy) is 1. The fourth-order valence-corrected chi connectivity index (χ4v) is 3.38. The summed E-state index contributed by atoms with van der Waals surface area (Å²) in [5, 5.41) is 0.868.